The third-order valence-corrected chi connectivity index (χ3v) is 8.09. The third-order valence-electron chi connectivity index (χ3n) is 8.09. The van der Waals surface area contributed by atoms with Gasteiger partial charge in [0.25, 0.3) is 0 Å². The quantitative estimate of drug-likeness (QED) is 0.554. The Kier molecular flexibility index (Phi) is 4.28. The summed E-state index contributed by atoms with van der Waals surface area (Å²) in [5.41, 5.74) is -0.408. The number of Topliss-reactive ketones (excluding diaryl/α,β-unsaturated/α-hetero) is 1. The smallest absolute Gasteiger partial charge is 0.178 e. The molecule has 0 amide bonds. The van der Waals surface area contributed by atoms with Crippen molar-refractivity contribution in [2.45, 2.75) is 51.4 Å². The van der Waals surface area contributed by atoms with Crippen molar-refractivity contribution in [3.63, 3.8) is 0 Å². The fourth-order valence-corrected chi connectivity index (χ4v) is 6.76. The monoisotopic (exact) mass is 376 g/mol. The van der Waals surface area contributed by atoms with Gasteiger partial charge >= 0.3 is 0 Å². The second-order valence-electron chi connectivity index (χ2n) is 9.36. The van der Waals surface area contributed by atoms with E-state index < -0.39 is 41.7 Å². The summed E-state index contributed by atoms with van der Waals surface area (Å²) in [6.07, 6.45) is 3.38. The van der Waals surface area contributed by atoms with Crippen LogP contribution >= 0.6 is 0 Å². The van der Waals surface area contributed by atoms with Crippen LogP contribution in [0.1, 0.15) is 33.1 Å². The lowest BCUT2D eigenvalue weighted by Crippen LogP contribution is -2.60. The van der Waals surface area contributed by atoms with Gasteiger partial charge in [-0.15, -0.1) is 0 Å². The number of aliphatic hydroxyl groups excluding tert-OH is 4. The van der Waals surface area contributed by atoms with E-state index >= 15 is 0 Å². The van der Waals surface area contributed by atoms with Gasteiger partial charge < -0.3 is 20.4 Å². The zero-order valence-electron chi connectivity index (χ0n) is 15.7. The molecule has 0 aromatic rings. The summed E-state index contributed by atoms with van der Waals surface area (Å²) in [7, 11) is 0. The molecule has 4 N–H and O–H groups in total. The number of carbonyl (C=O) groups excluding carboxylic acids is 2. The number of aliphatic hydroxyl groups is 4. The van der Waals surface area contributed by atoms with Gasteiger partial charge in [0.1, 0.15) is 6.61 Å². The Hall–Kier alpha value is -1.34. The molecule has 4 aliphatic rings. The molecule has 148 valence electrons. The molecule has 0 aromatic carbocycles. The van der Waals surface area contributed by atoms with Crippen molar-refractivity contribution < 1.29 is 30.0 Å². The average Bonchev–Trinajstić information content (AvgIpc) is 2.84. The van der Waals surface area contributed by atoms with Crippen LogP contribution in [0, 0.1) is 34.5 Å². The zero-order valence-corrected chi connectivity index (χ0v) is 15.7. The first kappa shape index (κ1) is 19.0. The standard InChI is InChI=1S/C21H28O6/c1-20-4-3-11(23)5-10(20)6-12(16(26)9-22)17-13-7-14(24)19(27)21(13,2)8-15(25)18(17)20/h3-5,12-15,17-19,22,24-25,27H,6-9H2,1-2H3/t12?,13?,14-,15?,17?,18?,19?,20?,21?/m0/s1. The van der Waals surface area contributed by atoms with Gasteiger partial charge in [-0.3, -0.25) is 9.59 Å². The number of rotatable bonds is 2. The summed E-state index contributed by atoms with van der Waals surface area (Å²) in [6, 6.07) is 0. The average molecular weight is 376 g/mol. The maximum absolute atomic E-state index is 12.7. The number of carbonyl (C=O) groups is 2. The fraction of sp³-hybridized carbons (Fsp3) is 0.714. The van der Waals surface area contributed by atoms with Crippen molar-refractivity contribution >= 4 is 11.6 Å². The summed E-state index contributed by atoms with van der Waals surface area (Å²) in [5, 5.41) is 41.7. The molecule has 0 spiro atoms. The highest BCUT2D eigenvalue weighted by Crippen LogP contribution is 2.65. The van der Waals surface area contributed by atoms with E-state index in [0.29, 0.717) is 19.3 Å². The Labute approximate surface area is 158 Å². The van der Waals surface area contributed by atoms with Crippen LogP contribution in [0.3, 0.4) is 0 Å². The maximum atomic E-state index is 12.7. The number of fused-ring (bicyclic) bond motifs is 5. The molecule has 0 aromatic heterocycles. The van der Waals surface area contributed by atoms with E-state index in [1.807, 2.05) is 19.9 Å². The minimum atomic E-state index is -0.948. The van der Waals surface area contributed by atoms with Crippen LogP contribution < -0.4 is 0 Å². The lowest BCUT2D eigenvalue weighted by molar-refractivity contribution is -0.159. The van der Waals surface area contributed by atoms with Gasteiger partial charge in [0, 0.05) is 22.7 Å². The Morgan fingerprint density at radius 1 is 1.22 bits per heavy atom. The molecule has 4 rings (SSSR count). The minimum absolute atomic E-state index is 0.127. The topological polar surface area (TPSA) is 115 Å². The van der Waals surface area contributed by atoms with Gasteiger partial charge in [0.05, 0.1) is 18.3 Å². The Morgan fingerprint density at radius 2 is 1.93 bits per heavy atom. The molecule has 6 heteroatoms. The van der Waals surface area contributed by atoms with E-state index in [4.69, 9.17) is 0 Å². The Balaban J connectivity index is 1.86. The van der Waals surface area contributed by atoms with Gasteiger partial charge in [0.2, 0.25) is 0 Å². The number of hydrogen-bond acceptors (Lipinski definition) is 6. The van der Waals surface area contributed by atoms with Gasteiger partial charge in [-0.1, -0.05) is 25.5 Å². The largest absolute Gasteiger partial charge is 0.393 e. The molecular weight excluding hydrogens is 348 g/mol. The Bertz CT molecular complexity index is 741. The molecule has 0 heterocycles. The summed E-state index contributed by atoms with van der Waals surface area (Å²) < 4.78 is 0. The van der Waals surface area contributed by atoms with Gasteiger partial charge in [-0.2, -0.15) is 0 Å². The molecule has 4 aliphatic carbocycles. The highest BCUT2D eigenvalue weighted by Gasteiger charge is 2.66. The summed E-state index contributed by atoms with van der Waals surface area (Å²) >= 11 is 0. The van der Waals surface area contributed by atoms with Crippen LogP contribution in [0.25, 0.3) is 0 Å². The number of hydrogen-bond donors (Lipinski definition) is 4. The molecule has 6 nitrogen and oxygen atoms in total. The third kappa shape index (κ3) is 2.47. The molecule has 0 bridgehead atoms. The number of ketones is 2. The fourth-order valence-electron chi connectivity index (χ4n) is 6.76. The second-order valence-corrected chi connectivity index (χ2v) is 9.36. The normalized spacial score (nSPS) is 51.3. The van der Waals surface area contributed by atoms with Crippen molar-refractivity contribution in [2.75, 3.05) is 6.61 Å². The first-order chi connectivity index (χ1) is 12.6. The number of allylic oxidation sites excluding steroid dienone is 4. The second kappa shape index (κ2) is 6.08. The molecule has 3 fully saturated rings. The van der Waals surface area contributed by atoms with E-state index in [0.717, 1.165) is 5.57 Å². The highest BCUT2D eigenvalue weighted by molar-refractivity contribution is 6.01. The molecule has 3 saturated carbocycles. The molecule has 8 unspecified atom stereocenters. The van der Waals surface area contributed by atoms with Gasteiger partial charge in [-0.05, 0) is 43.3 Å². The molecule has 0 aliphatic heterocycles. The first-order valence-corrected chi connectivity index (χ1v) is 9.75. The van der Waals surface area contributed by atoms with E-state index in [1.165, 1.54) is 6.08 Å². The van der Waals surface area contributed by atoms with E-state index in [1.54, 1.807) is 6.08 Å². The highest BCUT2D eigenvalue weighted by atomic mass is 16.3. The van der Waals surface area contributed by atoms with Crippen LogP contribution in [0.2, 0.25) is 0 Å². The van der Waals surface area contributed by atoms with Crippen LogP contribution in [0.5, 0.6) is 0 Å². The van der Waals surface area contributed by atoms with Gasteiger partial charge in [0.15, 0.2) is 11.6 Å². The molecule has 27 heavy (non-hydrogen) atoms. The van der Waals surface area contributed by atoms with Crippen molar-refractivity contribution in [3.8, 4) is 0 Å². The van der Waals surface area contributed by atoms with E-state index in [2.05, 4.69) is 0 Å². The lowest BCUT2D eigenvalue weighted by Gasteiger charge is -2.60. The van der Waals surface area contributed by atoms with Crippen LogP contribution in [0.4, 0.5) is 0 Å². The predicted octanol–water partition coefficient (Wildman–Crippen LogP) is 0.384. The minimum Gasteiger partial charge on any atom is -0.393 e. The van der Waals surface area contributed by atoms with Crippen molar-refractivity contribution in [3.05, 3.63) is 23.8 Å². The Morgan fingerprint density at radius 3 is 2.59 bits per heavy atom. The van der Waals surface area contributed by atoms with Gasteiger partial charge in [-0.25, -0.2) is 0 Å². The van der Waals surface area contributed by atoms with E-state index in [-0.39, 0.29) is 29.3 Å². The van der Waals surface area contributed by atoms with Crippen LogP contribution in [-0.4, -0.2) is 56.9 Å². The summed E-state index contributed by atoms with van der Waals surface area (Å²) in [4.78, 5) is 24.6. The molecule has 0 radical (unpaired) electrons. The molecule has 9 atom stereocenters. The summed E-state index contributed by atoms with van der Waals surface area (Å²) in [6.45, 7) is 3.28. The van der Waals surface area contributed by atoms with Crippen molar-refractivity contribution in [2.24, 2.45) is 34.5 Å². The van der Waals surface area contributed by atoms with Crippen LogP contribution in [0.15, 0.2) is 23.8 Å². The van der Waals surface area contributed by atoms with Crippen molar-refractivity contribution in [1.29, 1.82) is 0 Å². The zero-order chi connectivity index (χ0) is 19.7. The molecular formula is C21H28O6. The summed E-state index contributed by atoms with van der Waals surface area (Å²) in [5.74, 6) is -1.68. The SMILES string of the molecule is CC12C=CC(=O)C=C1CC(C(=O)CO)C1C2C(O)CC2(C)C1C[C@H](O)C2O. The van der Waals surface area contributed by atoms with E-state index in [9.17, 15) is 30.0 Å². The first-order valence-electron chi connectivity index (χ1n) is 9.75. The predicted molar refractivity (Wildman–Crippen MR) is 96.4 cm³/mol. The van der Waals surface area contributed by atoms with Crippen LogP contribution in [-0.2, 0) is 9.59 Å². The maximum Gasteiger partial charge on any atom is 0.178 e. The molecule has 0 saturated heterocycles. The lowest BCUT2D eigenvalue weighted by atomic mass is 9.44. The van der Waals surface area contributed by atoms with Crippen molar-refractivity contribution in [1.82, 2.24) is 0 Å².